The number of aromatic nitrogens is 2. The van der Waals surface area contributed by atoms with Gasteiger partial charge in [-0.25, -0.2) is 4.98 Å². The summed E-state index contributed by atoms with van der Waals surface area (Å²) in [5.41, 5.74) is 2.46. The Hall–Kier alpha value is -2.17. The van der Waals surface area contributed by atoms with Gasteiger partial charge in [-0.05, 0) is 24.0 Å². The number of pyridine rings is 2. The number of amides is 1. The summed E-state index contributed by atoms with van der Waals surface area (Å²) in [6.07, 6.45) is 2.63. The number of fused-ring (bicyclic) bond motifs is 1. The zero-order valence-corrected chi connectivity index (χ0v) is 12.2. The Morgan fingerprint density at radius 2 is 2.20 bits per heavy atom. The van der Waals surface area contributed by atoms with Crippen molar-refractivity contribution < 1.29 is 9.53 Å². The number of carbonyl (C=O) groups excluding carboxylic acids is 1. The van der Waals surface area contributed by atoms with Gasteiger partial charge in [-0.3, -0.25) is 4.79 Å². The van der Waals surface area contributed by atoms with Gasteiger partial charge < -0.3 is 10.1 Å². The van der Waals surface area contributed by atoms with E-state index in [-0.39, 0.29) is 5.91 Å². The van der Waals surface area contributed by atoms with Crippen LogP contribution in [0.25, 0.3) is 11.0 Å². The van der Waals surface area contributed by atoms with Gasteiger partial charge in [0.25, 0.3) is 0 Å². The highest BCUT2D eigenvalue weighted by Crippen LogP contribution is 2.33. The lowest BCUT2D eigenvalue weighted by atomic mass is 9.94. The molecule has 0 aromatic carbocycles. The SMILES string of the molecule is CCC(C)c1c(NC(C)=O)cnc2nc(OC)ccc12. The monoisotopic (exact) mass is 273 g/mol. The number of carbonyl (C=O) groups is 1. The van der Waals surface area contributed by atoms with Crippen molar-refractivity contribution in [1.29, 1.82) is 0 Å². The van der Waals surface area contributed by atoms with E-state index < -0.39 is 0 Å². The van der Waals surface area contributed by atoms with Gasteiger partial charge >= 0.3 is 0 Å². The molecule has 0 bridgehead atoms. The molecule has 1 amide bonds. The molecule has 106 valence electrons. The average molecular weight is 273 g/mol. The van der Waals surface area contributed by atoms with Gasteiger partial charge in [-0.2, -0.15) is 4.98 Å². The summed E-state index contributed by atoms with van der Waals surface area (Å²) < 4.78 is 5.12. The van der Waals surface area contributed by atoms with E-state index >= 15 is 0 Å². The lowest BCUT2D eigenvalue weighted by Gasteiger charge is -2.17. The molecule has 5 heteroatoms. The maximum atomic E-state index is 11.3. The molecule has 0 saturated carbocycles. The van der Waals surface area contributed by atoms with Crippen LogP contribution < -0.4 is 10.1 Å². The molecular weight excluding hydrogens is 254 g/mol. The molecule has 0 aliphatic heterocycles. The lowest BCUT2D eigenvalue weighted by Crippen LogP contribution is -2.10. The van der Waals surface area contributed by atoms with Crippen molar-refractivity contribution in [3.8, 4) is 5.88 Å². The smallest absolute Gasteiger partial charge is 0.221 e. The molecular formula is C15H19N3O2. The van der Waals surface area contributed by atoms with Crippen LogP contribution in [0.1, 0.15) is 38.7 Å². The highest BCUT2D eigenvalue weighted by molar-refractivity contribution is 5.94. The first-order valence-electron chi connectivity index (χ1n) is 6.68. The van der Waals surface area contributed by atoms with E-state index in [4.69, 9.17) is 4.74 Å². The van der Waals surface area contributed by atoms with E-state index in [1.807, 2.05) is 12.1 Å². The quantitative estimate of drug-likeness (QED) is 0.929. The Morgan fingerprint density at radius 1 is 1.45 bits per heavy atom. The molecule has 0 aliphatic carbocycles. The zero-order valence-electron chi connectivity index (χ0n) is 12.2. The first-order chi connectivity index (χ1) is 9.56. The van der Waals surface area contributed by atoms with E-state index in [1.165, 1.54) is 6.92 Å². The fourth-order valence-corrected chi connectivity index (χ4v) is 2.22. The van der Waals surface area contributed by atoms with Crippen LogP contribution in [0.5, 0.6) is 5.88 Å². The number of anilines is 1. The van der Waals surface area contributed by atoms with Crippen molar-refractivity contribution in [3.05, 3.63) is 23.9 Å². The Balaban J connectivity index is 2.66. The second kappa shape index (κ2) is 5.86. The summed E-state index contributed by atoms with van der Waals surface area (Å²) in [4.78, 5) is 20.0. The molecule has 0 spiro atoms. The zero-order chi connectivity index (χ0) is 14.7. The van der Waals surface area contributed by atoms with Crippen molar-refractivity contribution in [2.45, 2.75) is 33.1 Å². The van der Waals surface area contributed by atoms with Gasteiger partial charge in [0.15, 0.2) is 5.65 Å². The fraction of sp³-hybridized carbons (Fsp3) is 0.400. The summed E-state index contributed by atoms with van der Waals surface area (Å²) in [5, 5.41) is 3.80. The van der Waals surface area contributed by atoms with E-state index in [9.17, 15) is 4.79 Å². The van der Waals surface area contributed by atoms with Crippen LogP contribution in [0.15, 0.2) is 18.3 Å². The normalized spacial score (nSPS) is 12.2. The Bertz CT molecular complexity index is 640. The van der Waals surface area contributed by atoms with E-state index in [0.717, 1.165) is 23.1 Å². The van der Waals surface area contributed by atoms with Crippen molar-refractivity contribution >= 4 is 22.6 Å². The maximum Gasteiger partial charge on any atom is 0.221 e. The minimum atomic E-state index is -0.0998. The summed E-state index contributed by atoms with van der Waals surface area (Å²) in [6.45, 7) is 5.74. The minimum Gasteiger partial charge on any atom is -0.481 e. The van der Waals surface area contributed by atoms with E-state index in [2.05, 4.69) is 29.1 Å². The number of nitrogens with one attached hydrogen (secondary N) is 1. The standard InChI is InChI=1S/C15H19N3O2/c1-5-9(2)14-11-6-7-13(20-4)18-15(11)16-8-12(14)17-10(3)19/h6-9H,5H2,1-4H3,(H,17,19). The van der Waals surface area contributed by atoms with Gasteiger partial charge in [0.2, 0.25) is 11.8 Å². The predicted octanol–water partition coefficient (Wildman–Crippen LogP) is 3.11. The number of methoxy groups -OCH3 is 1. The van der Waals surface area contributed by atoms with Crippen LogP contribution in [0.3, 0.4) is 0 Å². The van der Waals surface area contributed by atoms with Crippen molar-refractivity contribution in [3.63, 3.8) is 0 Å². The Kier molecular flexibility index (Phi) is 4.17. The van der Waals surface area contributed by atoms with E-state index in [0.29, 0.717) is 17.4 Å². The van der Waals surface area contributed by atoms with Crippen LogP contribution in [0.4, 0.5) is 5.69 Å². The first kappa shape index (κ1) is 14.2. The lowest BCUT2D eigenvalue weighted by molar-refractivity contribution is -0.114. The summed E-state index contributed by atoms with van der Waals surface area (Å²) >= 11 is 0. The van der Waals surface area contributed by atoms with Crippen molar-refractivity contribution in [2.24, 2.45) is 0 Å². The van der Waals surface area contributed by atoms with Crippen LogP contribution in [-0.4, -0.2) is 23.0 Å². The molecule has 2 heterocycles. The van der Waals surface area contributed by atoms with Crippen molar-refractivity contribution in [1.82, 2.24) is 9.97 Å². The number of hydrogen-bond donors (Lipinski definition) is 1. The first-order valence-corrected chi connectivity index (χ1v) is 6.68. The van der Waals surface area contributed by atoms with Crippen LogP contribution in [-0.2, 0) is 4.79 Å². The van der Waals surface area contributed by atoms with Gasteiger partial charge in [0.1, 0.15) is 0 Å². The molecule has 5 nitrogen and oxygen atoms in total. The molecule has 1 atom stereocenters. The van der Waals surface area contributed by atoms with E-state index in [1.54, 1.807) is 13.3 Å². The molecule has 2 aromatic rings. The Morgan fingerprint density at radius 3 is 2.80 bits per heavy atom. The molecule has 1 N–H and O–H groups in total. The average Bonchev–Trinajstić information content (AvgIpc) is 2.45. The highest BCUT2D eigenvalue weighted by Gasteiger charge is 2.16. The number of ether oxygens (including phenoxy) is 1. The number of hydrogen-bond acceptors (Lipinski definition) is 4. The summed E-state index contributed by atoms with van der Waals surface area (Å²) in [6, 6.07) is 3.76. The largest absolute Gasteiger partial charge is 0.481 e. The number of nitrogens with zero attached hydrogens (tertiary/aromatic N) is 2. The third-order valence-corrected chi connectivity index (χ3v) is 3.37. The minimum absolute atomic E-state index is 0.0998. The highest BCUT2D eigenvalue weighted by atomic mass is 16.5. The molecule has 2 aromatic heterocycles. The molecule has 2 rings (SSSR count). The predicted molar refractivity (Wildman–Crippen MR) is 79.1 cm³/mol. The van der Waals surface area contributed by atoms with Crippen LogP contribution in [0, 0.1) is 0 Å². The molecule has 0 aliphatic rings. The summed E-state index contributed by atoms with van der Waals surface area (Å²) in [5.74, 6) is 0.738. The molecule has 0 saturated heterocycles. The van der Waals surface area contributed by atoms with Gasteiger partial charge in [-0.15, -0.1) is 0 Å². The van der Waals surface area contributed by atoms with Gasteiger partial charge in [-0.1, -0.05) is 13.8 Å². The third kappa shape index (κ3) is 2.71. The molecule has 0 radical (unpaired) electrons. The molecule has 20 heavy (non-hydrogen) atoms. The molecule has 0 fully saturated rings. The van der Waals surface area contributed by atoms with Crippen LogP contribution in [0.2, 0.25) is 0 Å². The number of rotatable bonds is 4. The second-order valence-electron chi connectivity index (χ2n) is 4.80. The van der Waals surface area contributed by atoms with Gasteiger partial charge in [0.05, 0.1) is 19.0 Å². The second-order valence-corrected chi connectivity index (χ2v) is 4.80. The molecule has 1 unspecified atom stereocenters. The summed E-state index contributed by atoms with van der Waals surface area (Å²) in [7, 11) is 1.58. The van der Waals surface area contributed by atoms with Crippen LogP contribution >= 0.6 is 0 Å². The van der Waals surface area contributed by atoms with Gasteiger partial charge in [0, 0.05) is 18.4 Å². The third-order valence-electron chi connectivity index (χ3n) is 3.37. The maximum absolute atomic E-state index is 11.3. The Labute approximate surface area is 118 Å². The van der Waals surface area contributed by atoms with Crippen molar-refractivity contribution in [2.75, 3.05) is 12.4 Å². The topological polar surface area (TPSA) is 64.1 Å². The fourth-order valence-electron chi connectivity index (χ4n) is 2.22.